The van der Waals surface area contributed by atoms with E-state index in [0.29, 0.717) is 17.5 Å². The molecule has 0 atom stereocenters. The molecule has 2 aromatic heterocycles. The van der Waals surface area contributed by atoms with E-state index in [4.69, 9.17) is 19.4 Å². The number of rotatable bonds is 8. The summed E-state index contributed by atoms with van der Waals surface area (Å²) in [6.45, 7) is 0. The Hall–Kier alpha value is -8.21. The molecule has 0 aliphatic carbocycles. The summed E-state index contributed by atoms with van der Waals surface area (Å²) in [7, 11) is 0. The van der Waals surface area contributed by atoms with Crippen LogP contribution < -0.4 is 0 Å². The molecule has 0 fully saturated rings. The summed E-state index contributed by atoms with van der Waals surface area (Å²) >= 11 is 0. The predicted octanol–water partition coefficient (Wildman–Crippen LogP) is 15.1. The second-order valence-electron chi connectivity index (χ2n) is 15.2. The standard InChI is InChI=1S/C57H37N3O/c1-6-17-38(18-7-1)41-29-31-44(32-30-41)55-58-56(46-28-16-27-45(35-46)39-19-8-2-9-20-39)60-57(59-55)49-34-33-48(42-23-12-4-13-24-42)54-52(49)51-37-47(40-21-10-3-11-22-40)36-50(53(51)61-54)43-25-14-5-15-26-43/h1-37H. The Bertz CT molecular complexity index is 3310. The fourth-order valence-electron chi connectivity index (χ4n) is 8.31. The molecule has 0 unspecified atom stereocenters. The van der Waals surface area contributed by atoms with E-state index in [0.717, 1.165) is 94.3 Å². The summed E-state index contributed by atoms with van der Waals surface area (Å²) < 4.78 is 7.16. The zero-order valence-corrected chi connectivity index (χ0v) is 33.1. The van der Waals surface area contributed by atoms with Crippen LogP contribution in [0.5, 0.6) is 0 Å². The second-order valence-corrected chi connectivity index (χ2v) is 15.2. The summed E-state index contributed by atoms with van der Waals surface area (Å²) in [5.74, 6) is 1.75. The lowest BCUT2D eigenvalue weighted by atomic mass is 9.93. The van der Waals surface area contributed by atoms with Crippen molar-refractivity contribution in [3.63, 3.8) is 0 Å². The lowest BCUT2D eigenvalue weighted by molar-refractivity contribution is 0.671. The molecule has 2 heterocycles. The zero-order chi connectivity index (χ0) is 40.5. The fraction of sp³-hybridized carbons (Fsp3) is 0. The first-order valence-corrected chi connectivity index (χ1v) is 20.5. The average Bonchev–Trinajstić information content (AvgIpc) is 3.74. The van der Waals surface area contributed by atoms with Crippen LogP contribution >= 0.6 is 0 Å². The van der Waals surface area contributed by atoms with Gasteiger partial charge in [-0.2, -0.15) is 0 Å². The third-order valence-electron chi connectivity index (χ3n) is 11.4. The van der Waals surface area contributed by atoms with E-state index in [2.05, 4.69) is 200 Å². The van der Waals surface area contributed by atoms with Gasteiger partial charge >= 0.3 is 0 Å². The van der Waals surface area contributed by atoms with Gasteiger partial charge in [0.15, 0.2) is 17.5 Å². The molecule has 0 spiro atoms. The third kappa shape index (κ3) is 6.86. The molecule has 11 rings (SSSR count). The van der Waals surface area contributed by atoms with E-state index in [9.17, 15) is 0 Å². The summed E-state index contributed by atoms with van der Waals surface area (Å²) in [6, 6.07) is 78.0. The van der Waals surface area contributed by atoms with Crippen molar-refractivity contribution in [2.75, 3.05) is 0 Å². The van der Waals surface area contributed by atoms with E-state index in [1.165, 1.54) is 0 Å². The molecule has 4 nitrogen and oxygen atoms in total. The van der Waals surface area contributed by atoms with E-state index in [1.54, 1.807) is 0 Å². The largest absolute Gasteiger partial charge is 0.455 e. The topological polar surface area (TPSA) is 51.8 Å². The van der Waals surface area contributed by atoms with Gasteiger partial charge in [-0.15, -0.1) is 0 Å². The average molecular weight is 780 g/mol. The highest BCUT2D eigenvalue weighted by molar-refractivity contribution is 6.19. The summed E-state index contributed by atoms with van der Waals surface area (Å²) in [5.41, 5.74) is 15.1. The second kappa shape index (κ2) is 15.5. The highest BCUT2D eigenvalue weighted by Gasteiger charge is 2.23. The number of aromatic nitrogens is 3. The monoisotopic (exact) mass is 779 g/mol. The predicted molar refractivity (Wildman–Crippen MR) is 251 cm³/mol. The number of nitrogens with zero attached hydrogens (tertiary/aromatic N) is 3. The van der Waals surface area contributed by atoms with Crippen molar-refractivity contribution in [1.29, 1.82) is 0 Å². The van der Waals surface area contributed by atoms with Gasteiger partial charge in [0.1, 0.15) is 11.2 Å². The van der Waals surface area contributed by atoms with Crippen molar-refractivity contribution in [3.8, 4) is 89.8 Å². The molecule has 9 aromatic carbocycles. The van der Waals surface area contributed by atoms with Gasteiger partial charge in [-0.05, 0) is 74.8 Å². The van der Waals surface area contributed by atoms with Crippen molar-refractivity contribution >= 4 is 21.9 Å². The lowest BCUT2D eigenvalue weighted by Gasteiger charge is -2.12. The molecule has 286 valence electrons. The van der Waals surface area contributed by atoms with E-state index >= 15 is 0 Å². The van der Waals surface area contributed by atoms with Crippen molar-refractivity contribution in [3.05, 3.63) is 224 Å². The van der Waals surface area contributed by atoms with Crippen molar-refractivity contribution in [2.45, 2.75) is 0 Å². The molecule has 11 aromatic rings. The molecule has 0 amide bonds. The van der Waals surface area contributed by atoms with Crippen LogP contribution in [0.1, 0.15) is 0 Å². The normalized spacial score (nSPS) is 11.3. The molecule has 0 saturated heterocycles. The van der Waals surface area contributed by atoms with Gasteiger partial charge in [-0.3, -0.25) is 0 Å². The molecular formula is C57H37N3O. The molecule has 0 aliphatic heterocycles. The Morgan fingerprint density at radius 3 is 1.28 bits per heavy atom. The van der Waals surface area contributed by atoms with Crippen molar-refractivity contribution < 1.29 is 4.42 Å². The van der Waals surface area contributed by atoms with E-state index in [1.807, 2.05) is 24.3 Å². The lowest BCUT2D eigenvalue weighted by Crippen LogP contribution is -2.01. The highest BCUT2D eigenvalue weighted by atomic mass is 16.3. The number of furan rings is 1. The maximum atomic E-state index is 7.16. The van der Waals surface area contributed by atoms with Gasteiger partial charge in [-0.1, -0.05) is 194 Å². The van der Waals surface area contributed by atoms with E-state index in [-0.39, 0.29) is 0 Å². The van der Waals surface area contributed by atoms with Gasteiger partial charge in [0.2, 0.25) is 0 Å². The Morgan fingerprint density at radius 1 is 0.246 bits per heavy atom. The quantitative estimate of drug-likeness (QED) is 0.154. The van der Waals surface area contributed by atoms with Crippen LogP contribution in [0.4, 0.5) is 0 Å². The minimum absolute atomic E-state index is 0.566. The molecule has 0 radical (unpaired) electrons. The van der Waals surface area contributed by atoms with Crippen LogP contribution in [0.15, 0.2) is 229 Å². The maximum Gasteiger partial charge on any atom is 0.164 e. The summed E-state index contributed by atoms with van der Waals surface area (Å²) in [6.07, 6.45) is 0. The first-order valence-electron chi connectivity index (χ1n) is 20.5. The van der Waals surface area contributed by atoms with E-state index < -0.39 is 0 Å². The molecule has 0 N–H and O–H groups in total. The first-order chi connectivity index (χ1) is 30.2. The Balaban J connectivity index is 1.19. The third-order valence-corrected chi connectivity index (χ3v) is 11.4. The van der Waals surface area contributed by atoms with Gasteiger partial charge in [0, 0.05) is 38.6 Å². The Labute approximate surface area is 354 Å². The van der Waals surface area contributed by atoms with Crippen molar-refractivity contribution in [1.82, 2.24) is 15.0 Å². The Morgan fingerprint density at radius 2 is 0.672 bits per heavy atom. The zero-order valence-electron chi connectivity index (χ0n) is 33.1. The number of hydrogen-bond donors (Lipinski definition) is 0. The minimum atomic E-state index is 0.566. The first kappa shape index (κ1) is 35.9. The number of fused-ring (bicyclic) bond motifs is 3. The minimum Gasteiger partial charge on any atom is -0.455 e. The number of benzene rings is 9. The van der Waals surface area contributed by atoms with Crippen molar-refractivity contribution in [2.24, 2.45) is 0 Å². The molecular weight excluding hydrogens is 743 g/mol. The molecule has 0 aliphatic rings. The van der Waals surface area contributed by atoms with Crippen LogP contribution in [0.3, 0.4) is 0 Å². The molecule has 0 saturated carbocycles. The molecule has 0 bridgehead atoms. The van der Waals surface area contributed by atoms with Gasteiger partial charge in [0.25, 0.3) is 0 Å². The smallest absolute Gasteiger partial charge is 0.164 e. The molecule has 61 heavy (non-hydrogen) atoms. The number of hydrogen-bond acceptors (Lipinski definition) is 4. The van der Waals surface area contributed by atoms with Crippen LogP contribution in [0.25, 0.3) is 112 Å². The fourth-order valence-corrected chi connectivity index (χ4v) is 8.31. The van der Waals surface area contributed by atoms with Gasteiger partial charge < -0.3 is 4.42 Å². The highest BCUT2D eigenvalue weighted by Crippen LogP contribution is 2.46. The maximum absolute atomic E-state index is 7.16. The van der Waals surface area contributed by atoms with Gasteiger partial charge in [-0.25, -0.2) is 15.0 Å². The SMILES string of the molecule is c1ccc(-c2ccc(-c3nc(-c4cccc(-c5ccccc5)c4)nc(-c4ccc(-c5ccccc5)c5oc6c(-c7ccccc7)cc(-c7ccccc7)cc6c45)n3)cc2)cc1. The van der Waals surface area contributed by atoms with Crippen LogP contribution in [-0.2, 0) is 0 Å². The van der Waals surface area contributed by atoms with Crippen LogP contribution in [0, 0.1) is 0 Å². The van der Waals surface area contributed by atoms with Crippen LogP contribution in [0.2, 0.25) is 0 Å². The molecule has 4 heteroatoms. The van der Waals surface area contributed by atoms with Gasteiger partial charge in [0.05, 0.1) is 0 Å². The summed E-state index contributed by atoms with van der Waals surface area (Å²) in [4.78, 5) is 15.8. The van der Waals surface area contributed by atoms with Crippen LogP contribution in [-0.4, -0.2) is 15.0 Å². The summed E-state index contributed by atoms with van der Waals surface area (Å²) in [5, 5.41) is 1.94. The Kier molecular flexibility index (Phi) is 9.14.